The molecule has 0 aliphatic carbocycles. The third kappa shape index (κ3) is 5.71. The van der Waals surface area contributed by atoms with Gasteiger partial charge in [0.05, 0.1) is 6.04 Å². The summed E-state index contributed by atoms with van der Waals surface area (Å²) in [4.78, 5) is 26.0. The first kappa shape index (κ1) is 21.9. The van der Waals surface area contributed by atoms with E-state index in [-0.39, 0.29) is 43.1 Å². The van der Waals surface area contributed by atoms with Gasteiger partial charge in [-0.15, -0.1) is 12.4 Å². The molecule has 2 rings (SSSR count). The first-order valence-corrected chi connectivity index (χ1v) is 8.84. The van der Waals surface area contributed by atoms with Crippen molar-refractivity contribution in [1.29, 1.82) is 0 Å². The summed E-state index contributed by atoms with van der Waals surface area (Å²) < 4.78 is 0. The van der Waals surface area contributed by atoms with Crippen molar-refractivity contribution in [1.82, 2.24) is 10.2 Å². The van der Waals surface area contributed by atoms with Gasteiger partial charge in [0, 0.05) is 32.5 Å². The van der Waals surface area contributed by atoms with Crippen molar-refractivity contribution in [2.24, 2.45) is 5.73 Å². The number of nitrogens with zero attached hydrogens (tertiary/aromatic N) is 1. The smallest absolute Gasteiger partial charge is 0.223 e. The van der Waals surface area contributed by atoms with Crippen molar-refractivity contribution in [3.05, 3.63) is 48.0 Å². The highest BCUT2D eigenvalue weighted by atomic mass is 35.5. The molecule has 0 saturated heterocycles. The Morgan fingerprint density at radius 3 is 2.31 bits per heavy atom. The minimum absolute atomic E-state index is 0. The lowest BCUT2D eigenvalue weighted by Gasteiger charge is -2.20. The lowest BCUT2D eigenvalue weighted by Crippen LogP contribution is -2.35. The summed E-state index contributed by atoms with van der Waals surface area (Å²) in [6.07, 6.45) is 0.405. The molecule has 2 aromatic carbocycles. The maximum atomic E-state index is 12.2. The van der Waals surface area contributed by atoms with Gasteiger partial charge in [-0.2, -0.15) is 0 Å². The van der Waals surface area contributed by atoms with Crippen LogP contribution in [0.3, 0.4) is 0 Å². The molecule has 0 aliphatic rings. The number of hydrogen-bond donors (Lipinski definition) is 2. The molecular weight excluding hydrogens is 350 g/mol. The van der Waals surface area contributed by atoms with Gasteiger partial charge >= 0.3 is 0 Å². The van der Waals surface area contributed by atoms with Crippen LogP contribution in [0.5, 0.6) is 0 Å². The third-order valence-electron chi connectivity index (χ3n) is 4.43. The van der Waals surface area contributed by atoms with Gasteiger partial charge in [0.15, 0.2) is 0 Å². The number of hydrogen-bond acceptors (Lipinski definition) is 3. The van der Waals surface area contributed by atoms with Gasteiger partial charge in [-0.1, -0.05) is 36.4 Å². The Labute approximate surface area is 161 Å². The zero-order valence-electron chi connectivity index (χ0n) is 15.4. The summed E-state index contributed by atoms with van der Waals surface area (Å²) in [5.41, 5.74) is 6.83. The summed E-state index contributed by atoms with van der Waals surface area (Å²) >= 11 is 0. The number of benzene rings is 2. The predicted octanol–water partition coefficient (Wildman–Crippen LogP) is 3.03. The molecule has 0 aromatic heterocycles. The molecule has 0 radical (unpaired) electrons. The molecule has 1 unspecified atom stereocenters. The minimum Gasteiger partial charge on any atom is -0.348 e. The second kappa shape index (κ2) is 10.8. The van der Waals surface area contributed by atoms with E-state index in [1.165, 1.54) is 0 Å². The fourth-order valence-electron chi connectivity index (χ4n) is 2.92. The van der Waals surface area contributed by atoms with Gasteiger partial charge in [-0.3, -0.25) is 9.59 Å². The van der Waals surface area contributed by atoms with Crippen molar-refractivity contribution < 1.29 is 9.59 Å². The van der Waals surface area contributed by atoms with E-state index in [9.17, 15) is 9.59 Å². The van der Waals surface area contributed by atoms with Crippen molar-refractivity contribution >= 4 is 35.0 Å². The molecule has 0 spiro atoms. The fraction of sp³-hybridized carbons (Fsp3) is 0.400. The summed E-state index contributed by atoms with van der Waals surface area (Å²) in [5.74, 6) is -0.140. The Morgan fingerprint density at radius 1 is 1.04 bits per heavy atom. The second-order valence-corrected chi connectivity index (χ2v) is 6.03. The Hall–Kier alpha value is -2.11. The maximum absolute atomic E-state index is 12.2. The number of carbonyl (C=O) groups excluding carboxylic acids is 2. The molecule has 2 amide bonds. The van der Waals surface area contributed by atoms with Crippen LogP contribution in [0.25, 0.3) is 10.8 Å². The summed E-state index contributed by atoms with van der Waals surface area (Å²) in [7, 11) is 0. The lowest BCUT2D eigenvalue weighted by molar-refractivity contribution is -0.133. The number of halogens is 1. The zero-order valence-corrected chi connectivity index (χ0v) is 16.2. The van der Waals surface area contributed by atoms with Crippen molar-refractivity contribution in [3.8, 4) is 0 Å². The SMILES string of the molecule is CCN(CC)C(=O)CCC(=O)NC(CN)c1ccc2ccccc2c1.Cl. The molecule has 6 heteroatoms. The Kier molecular flexibility index (Phi) is 9.10. The lowest BCUT2D eigenvalue weighted by atomic mass is 10.0. The topological polar surface area (TPSA) is 75.4 Å². The average molecular weight is 378 g/mol. The quantitative estimate of drug-likeness (QED) is 0.742. The molecule has 0 fully saturated rings. The van der Waals surface area contributed by atoms with Crippen LogP contribution in [0.4, 0.5) is 0 Å². The van der Waals surface area contributed by atoms with Crippen molar-refractivity contribution in [3.63, 3.8) is 0 Å². The van der Waals surface area contributed by atoms with Crippen LogP contribution in [0.1, 0.15) is 38.3 Å². The van der Waals surface area contributed by atoms with Gasteiger partial charge < -0.3 is 16.0 Å². The van der Waals surface area contributed by atoms with Crippen LogP contribution in [0.15, 0.2) is 42.5 Å². The van der Waals surface area contributed by atoms with Crippen molar-refractivity contribution in [2.45, 2.75) is 32.7 Å². The highest BCUT2D eigenvalue weighted by molar-refractivity contribution is 5.86. The number of fused-ring (bicyclic) bond motifs is 1. The van der Waals surface area contributed by atoms with E-state index in [4.69, 9.17) is 5.73 Å². The van der Waals surface area contributed by atoms with Gasteiger partial charge in [-0.05, 0) is 36.2 Å². The van der Waals surface area contributed by atoms with E-state index >= 15 is 0 Å². The number of amides is 2. The highest BCUT2D eigenvalue weighted by Crippen LogP contribution is 2.20. The van der Waals surface area contributed by atoms with Crippen LogP contribution in [0, 0.1) is 0 Å². The molecule has 1 atom stereocenters. The van der Waals surface area contributed by atoms with Crippen LogP contribution < -0.4 is 11.1 Å². The molecule has 0 heterocycles. The van der Waals surface area contributed by atoms with Crippen LogP contribution >= 0.6 is 12.4 Å². The summed E-state index contributed by atoms with van der Waals surface area (Å²) in [6, 6.07) is 13.9. The van der Waals surface area contributed by atoms with E-state index in [1.807, 2.05) is 56.3 Å². The molecule has 3 N–H and O–H groups in total. The first-order chi connectivity index (χ1) is 12.1. The van der Waals surface area contributed by atoms with Crippen LogP contribution in [-0.2, 0) is 9.59 Å². The molecule has 0 saturated carbocycles. The van der Waals surface area contributed by atoms with Crippen molar-refractivity contribution in [2.75, 3.05) is 19.6 Å². The maximum Gasteiger partial charge on any atom is 0.223 e. The van der Waals surface area contributed by atoms with Gasteiger partial charge in [-0.25, -0.2) is 0 Å². The molecule has 0 bridgehead atoms. The monoisotopic (exact) mass is 377 g/mol. The van der Waals surface area contributed by atoms with E-state index < -0.39 is 0 Å². The van der Waals surface area contributed by atoms with Gasteiger partial charge in [0.2, 0.25) is 11.8 Å². The second-order valence-electron chi connectivity index (χ2n) is 6.03. The summed E-state index contributed by atoms with van der Waals surface area (Å²) in [6.45, 7) is 5.52. The van der Waals surface area contributed by atoms with Crippen LogP contribution in [-0.4, -0.2) is 36.3 Å². The molecular formula is C20H28ClN3O2. The number of nitrogens with one attached hydrogen (secondary N) is 1. The summed E-state index contributed by atoms with van der Waals surface area (Å²) in [5, 5.41) is 5.21. The normalized spacial score (nSPS) is 11.5. The minimum atomic E-state index is -0.249. The Morgan fingerprint density at radius 2 is 1.69 bits per heavy atom. The fourth-order valence-corrected chi connectivity index (χ4v) is 2.92. The van der Waals surface area contributed by atoms with Crippen LogP contribution in [0.2, 0.25) is 0 Å². The Bertz CT molecular complexity index is 732. The molecule has 5 nitrogen and oxygen atoms in total. The van der Waals surface area contributed by atoms with Gasteiger partial charge in [0.25, 0.3) is 0 Å². The molecule has 142 valence electrons. The molecule has 2 aromatic rings. The third-order valence-corrected chi connectivity index (χ3v) is 4.43. The number of nitrogens with two attached hydrogens (primary N) is 1. The molecule has 0 aliphatic heterocycles. The van der Waals surface area contributed by atoms with E-state index in [0.29, 0.717) is 19.6 Å². The average Bonchev–Trinajstić information content (AvgIpc) is 2.65. The van der Waals surface area contributed by atoms with E-state index in [1.54, 1.807) is 4.90 Å². The van der Waals surface area contributed by atoms with Gasteiger partial charge in [0.1, 0.15) is 0 Å². The number of rotatable bonds is 8. The zero-order chi connectivity index (χ0) is 18.2. The highest BCUT2D eigenvalue weighted by Gasteiger charge is 2.16. The van der Waals surface area contributed by atoms with E-state index in [0.717, 1.165) is 16.3 Å². The number of carbonyl (C=O) groups is 2. The largest absolute Gasteiger partial charge is 0.348 e. The predicted molar refractivity (Wildman–Crippen MR) is 108 cm³/mol. The first-order valence-electron chi connectivity index (χ1n) is 8.84. The molecule has 26 heavy (non-hydrogen) atoms. The standard InChI is InChI=1S/C20H27N3O2.ClH/c1-3-23(4-2)20(25)12-11-19(24)22-18(14-21)17-10-9-15-7-5-6-8-16(15)13-17;/h5-10,13,18H,3-4,11-12,14,21H2,1-2H3,(H,22,24);1H. The Balaban J connectivity index is 0.00000338. The van der Waals surface area contributed by atoms with E-state index in [2.05, 4.69) is 5.32 Å².